The van der Waals surface area contributed by atoms with E-state index in [0.717, 1.165) is 0 Å². The minimum absolute atomic E-state index is 0.0314. The predicted molar refractivity (Wildman–Crippen MR) is 64.6 cm³/mol. The molecule has 0 radical (unpaired) electrons. The Hall–Kier alpha value is -2.44. The highest BCUT2D eigenvalue weighted by atomic mass is 16.4. The van der Waals surface area contributed by atoms with E-state index in [-0.39, 0.29) is 25.9 Å². The molecule has 19 heavy (non-hydrogen) atoms. The van der Waals surface area contributed by atoms with Crippen LogP contribution >= 0.6 is 0 Å². The number of aliphatic carboxylic acids is 2. The number of hydrogen-bond donors (Lipinski definition) is 2. The number of carbonyl (C=O) groups excluding carboxylic acids is 1. The average Bonchev–Trinajstić information content (AvgIpc) is 2.38. The summed E-state index contributed by atoms with van der Waals surface area (Å²) < 4.78 is 0. The van der Waals surface area contributed by atoms with Gasteiger partial charge in [0.15, 0.2) is 0 Å². The molecule has 0 saturated carbocycles. The summed E-state index contributed by atoms with van der Waals surface area (Å²) in [5, 5.41) is 17.3. The van der Waals surface area contributed by atoms with E-state index in [1.54, 1.807) is 12.1 Å². The number of nitrogens with zero attached hydrogens (tertiary/aromatic N) is 2. The Morgan fingerprint density at radius 3 is 2.11 bits per heavy atom. The van der Waals surface area contributed by atoms with E-state index in [1.165, 1.54) is 17.3 Å². The van der Waals surface area contributed by atoms with Crippen molar-refractivity contribution in [3.63, 3.8) is 0 Å². The normalized spacial score (nSPS) is 9.89. The van der Waals surface area contributed by atoms with Crippen molar-refractivity contribution < 1.29 is 24.6 Å². The molecule has 7 nitrogen and oxygen atoms in total. The third-order valence-corrected chi connectivity index (χ3v) is 2.39. The molecule has 0 saturated heterocycles. The van der Waals surface area contributed by atoms with E-state index in [2.05, 4.69) is 4.98 Å². The maximum atomic E-state index is 12.1. The fourth-order valence-electron chi connectivity index (χ4n) is 1.45. The average molecular weight is 266 g/mol. The quantitative estimate of drug-likeness (QED) is 0.742. The molecule has 1 amide bonds. The van der Waals surface area contributed by atoms with Crippen LogP contribution in [0.15, 0.2) is 24.5 Å². The van der Waals surface area contributed by atoms with Gasteiger partial charge >= 0.3 is 11.9 Å². The van der Waals surface area contributed by atoms with Gasteiger partial charge in [-0.25, -0.2) is 0 Å². The van der Waals surface area contributed by atoms with Gasteiger partial charge in [-0.15, -0.1) is 0 Å². The van der Waals surface area contributed by atoms with Gasteiger partial charge in [-0.3, -0.25) is 19.4 Å². The van der Waals surface area contributed by atoms with Crippen LogP contribution in [0.4, 0.5) is 0 Å². The molecule has 0 bridgehead atoms. The summed E-state index contributed by atoms with van der Waals surface area (Å²) in [6, 6.07) is 3.13. The van der Waals surface area contributed by atoms with E-state index in [4.69, 9.17) is 10.2 Å². The Kier molecular flexibility index (Phi) is 5.46. The summed E-state index contributed by atoms with van der Waals surface area (Å²) in [5.74, 6) is -2.51. The van der Waals surface area contributed by atoms with Crippen molar-refractivity contribution in [2.75, 3.05) is 13.1 Å². The molecule has 0 aromatic carbocycles. The third-order valence-electron chi connectivity index (χ3n) is 2.39. The summed E-state index contributed by atoms with van der Waals surface area (Å²) >= 11 is 0. The molecule has 0 atom stereocenters. The molecule has 1 aromatic rings. The zero-order valence-electron chi connectivity index (χ0n) is 10.2. The number of aromatic nitrogens is 1. The van der Waals surface area contributed by atoms with Crippen molar-refractivity contribution in [2.24, 2.45) is 0 Å². The molecule has 1 rings (SSSR count). The molecule has 0 aliphatic carbocycles. The van der Waals surface area contributed by atoms with Crippen LogP contribution < -0.4 is 0 Å². The van der Waals surface area contributed by atoms with Crippen molar-refractivity contribution in [1.29, 1.82) is 0 Å². The topological polar surface area (TPSA) is 108 Å². The fraction of sp³-hybridized carbons (Fsp3) is 0.333. The first kappa shape index (κ1) is 14.6. The van der Waals surface area contributed by atoms with Crippen LogP contribution in [0.25, 0.3) is 0 Å². The maximum absolute atomic E-state index is 12.1. The molecule has 1 aromatic heterocycles. The van der Waals surface area contributed by atoms with Crippen molar-refractivity contribution in [3.8, 4) is 0 Å². The molecular formula is C12H14N2O5. The van der Waals surface area contributed by atoms with Crippen LogP contribution in [0.3, 0.4) is 0 Å². The number of rotatable bonds is 7. The Bertz CT molecular complexity index is 442. The van der Waals surface area contributed by atoms with Crippen LogP contribution in [0.2, 0.25) is 0 Å². The standard InChI is InChI=1S/C12H14N2O5/c15-10(16)3-6-14(7-4-11(17)18)12(19)9-2-1-5-13-8-9/h1-2,5,8H,3-4,6-7H2,(H,15,16)(H,17,18). The molecule has 1 heterocycles. The largest absolute Gasteiger partial charge is 0.481 e. The van der Waals surface area contributed by atoms with Gasteiger partial charge in [-0.2, -0.15) is 0 Å². The summed E-state index contributed by atoms with van der Waals surface area (Å²) in [6.45, 7) is -0.0628. The predicted octanol–water partition coefficient (Wildman–Crippen LogP) is 0.473. The van der Waals surface area contributed by atoms with Gasteiger partial charge in [0, 0.05) is 25.5 Å². The molecule has 7 heteroatoms. The first-order chi connectivity index (χ1) is 9.00. The van der Waals surface area contributed by atoms with Crippen molar-refractivity contribution in [2.45, 2.75) is 12.8 Å². The summed E-state index contributed by atoms with van der Waals surface area (Å²) in [5.41, 5.74) is 0.304. The lowest BCUT2D eigenvalue weighted by atomic mass is 10.2. The van der Waals surface area contributed by atoms with E-state index in [1.807, 2.05) is 0 Å². The lowest BCUT2D eigenvalue weighted by Crippen LogP contribution is -2.34. The molecular weight excluding hydrogens is 252 g/mol. The minimum Gasteiger partial charge on any atom is -0.481 e. The van der Waals surface area contributed by atoms with Crippen molar-refractivity contribution in [3.05, 3.63) is 30.1 Å². The smallest absolute Gasteiger partial charge is 0.305 e. The Balaban J connectivity index is 2.73. The van der Waals surface area contributed by atoms with Crippen LogP contribution in [-0.4, -0.2) is 51.0 Å². The van der Waals surface area contributed by atoms with Crippen molar-refractivity contribution in [1.82, 2.24) is 9.88 Å². The highest BCUT2D eigenvalue weighted by Gasteiger charge is 2.17. The molecule has 0 aliphatic rings. The Morgan fingerprint density at radius 1 is 1.11 bits per heavy atom. The molecule has 0 spiro atoms. The second kappa shape index (κ2) is 7.10. The molecule has 2 N–H and O–H groups in total. The number of carboxylic acids is 2. The second-order valence-corrected chi connectivity index (χ2v) is 3.82. The minimum atomic E-state index is -1.04. The molecule has 0 unspecified atom stereocenters. The van der Waals surface area contributed by atoms with Crippen LogP contribution in [0.5, 0.6) is 0 Å². The lowest BCUT2D eigenvalue weighted by Gasteiger charge is -2.21. The van der Waals surface area contributed by atoms with Gasteiger partial charge in [0.2, 0.25) is 0 Å². The first-order valence-electron chi connectivity index (χ1n) is 5.63. The monoisotopic (exact) mass is 266 g/mol. The lowest BCUT2D eigenvalue weighted by molar-refractivity contribution is -0.137. The molecule has 0 fully saturated rings. The highest BCUT2D eigenvalue weighted by Crippen LogP contribution is 2.05. The number of hydrogen-bond acceptors (Lipinski definition) is 4. The zero-order chi connectivity index (χ0) is 14.3. The Labute approximate surface area is 109 Å². The summed E-state index contributed by atoms with van der Waals surface area (Å²) in [6.07, 6.45) is 2.41. The first-order valence-corrected chi connectivity index (χ1v) is 5.63. The second-order valence-electron chi connectivity index (χ2n) is 3.82. The highest BCUT2D eigenvalue weighted by molar-refractivity contribution is 5.94. The van der Waals surface area contributed by atoms with Crippen LogP contribution in [0, 0.1) is 0 Å². The van der Waals surface area contributed by atoms with E-state index >= 15 is 0 Å². The van der Waals surface area contributed by atoms with E-state index in [9.17, 15) is 14.4 Å². The van der Waals surface area contributed by atoms with Gasteiger partial charge in [-0.05, 0) is 12.1 Å². The van der Waals surface area contributed by atoms with Crippen LogP contribution in [0.1, 0.15) is 23.2 Å². The maximum Gasteiger partial charge on any atom is 0.305 e. The van der Waals surface area contributed by atoms with Crippen LogP contribution in [-0.2, 0) is 9.59 Å². The molecule has 0 aliphatic heterocycles. The zero-order valence-corrected chi connectivity index (χ0v) is 10.2. The van der Waals surface area contributed by atoms with Gasteiger partial charge < -0.3 is 15.1 Å². The van der Waals surface area contributed by atoms with Gasteiger partial charge in [-0.1, -0.05) is 0 Å². The summed E-state index contributed by atoms with van der Waals surface area (Å²) in [4.78, 5) is 38.1. The van der Waals surface area contributed by atoms with Gasteiger partial charge in [0.25, 0.3) is 5.91 Å². The number of pyridine rings is 1. The van der Waals surface area contributed by atoms with Crippen molar-refractivity contribution >= 4 is 17.8 Å². The fourth-order valence-corrected chi connectivity index (χ4v) is 1.45. The SMILES string of the molecule is O=C(O)CCN(CCC(=O)O)C(=O)c1cccnc1. The number of carbonyl (C=O) groups is 3. The number of carboxylic acid groups (broad SMARTS) is 2. The number of amides is 1. The van der Waals surface area contributed by atoms with Gasteiger partial charge in [0.05, 0.1) is 18.4 Å². The Morgan fingerprint density at radius 2 is 1.68 bits per heavy atom. The van der Waals surface area contributed by atoms with E-state index < -0.39 is 17.8 Å². The summed E-state index contributed by atoms with van der Waals surface area (Å²) in [7, 11) is 0. The molecule has 102 valence electrons. The van der Waals surface area contributed by atoms with Gasteiger partial charge in [0.1, 0.15) is 0 Å². The third kappa shape index (κ3) is 5.15. The van der Waals surface area contributed by atoms with E-state index in [0.29, 0.717) is 5.56 Å².